The largest absolute Gasteiger partial charge is 0.339 e. The first-order valence-electron chi connectivity index (χ1n) is 7.38. The molecule has 0 bridgehead atoms. The summed E-state index contributed by atoms with van der Waals surface area (Å²) in [5, 5.41) is 3.28. The highest BCUT2D eigenvalue weighted by Crippen LogP contribution is 2.15. The lowest BCUT2D eigenvalue weighted by atomic mass is 9.98. The normalized spacial score (nSPS) is 24.7. The molecular weight excluding hydrogens is 242 g/mol. The molecule has 5 heteroatoms. The zero-order chi connectivity index (χ0) is 13.8. The van der Waals surface area contributed by atoms with Crippen molar-refractivity contribution in [3.8, 4) is 0 Å². The van der Waals surface area contributed by atoms with Gasteiger partial charge in [0.15, 0.2) is 0 Å². The molecule has 2 aliphatic rings. The van der Waals surface area contributed by atoms with Gasteiger partial charge in [0.25, 0.3) is 0 Å². The molecule has 0 aromatic heterocycles. The molecule has 0 aromatic rings. The van der Waals surface area contributed by atoms with Crippen LogP contribution in [0.1, 0.15) is 26.7 Å². The van der Waals surface area contributed by atoms with Crippen molar-refractivity contribution in [1.82, 2.24) is 15.1 Å². The number of carbonyl (C=O) groups is 2. The molecule has 5 nitrogen and oxygen atoms in total. The summed E-state index contributed by atoms with van der Waals surface area (Å²) >= 11 is 0. The second kappa shape index (κ2) is 6.37. The second-order valence-electron chi connectivity index (χ2n) is 5.85. The van der Waals surface area contributed by atoms with Crippen molar-refractivity contribution in [2.75, 3.05) is 39.3 Å². The summed E-state index contributed by atoms with van der Waals surface area (Å²) in [5.41, 5.74) is 0. The Labute approximate surface area is 115 Å². The number of hydrogen-bond donors (Lipinski definition) is 1. The molecule has 2 rings (SSSR count). The van der Waals surface area contributed by atoms with Crippen molar-refractivity contribution in [2.24, 2.45) is 11.8 Å². The van der Waals surface area contributed by atoms with Crippen molar-refractivity contribution < 1.29 is 9.59 Å². The predicted octanol–water partition coefficient (Wildman–Crippen LogP) is 0.313. The highest BCUT2D eigenvalue weighted by Gasteiger charge is 2.29. The average Bonchev–Trinajstić information content (AvgIpc) is 2.46. The van der Waals surface area contributed by atoms with Crippen LogP contribution < -0.4 is 5.32 Å². The van der Waals surface area contributed by atoms with Gasteiger partial charge in [0.1, 0.15) is 0 Å². The zero-order valence-corrected chi connectivity index (χ0v) is 12.0. The van der Waals surface area contributed by atoms with Crippen molar-refractivity contribution in [3.05, 3.63) is 0 Å². The Morgan fingerprint density at radius 1 is 1.11 bits per heavy atom. The number of amides is 2. The molecule has 2 amide bonds. The quantitative estimate of drug-likeness (QED) is 0.783. The molecule has 2 fully saturated rings. The Hall–Kier alpha value is -1.10. The second-order valence-corrected chi connectivity index (χ2v) is 5.85. The molecule has 2 saturated heterocycles. The zero-order valence-electron chi connectivity index (χ0n) is 12.0. The van der Waals surface area contributed by atoms with Gasteiger partial charge in [0.05, 0.1) is 5.92 Å². The Balaban J connectivity index is 1.82. The van der Waals surface area contributed by atoms with E-state index in [0.717, 1.165) is 25.9 Å². The van der Waals surface area contributed by atoms with E-state index in [1.807, 2.05) is 23.6 Å². The smallest absolute Gasteiger partial charge is 0.227 e. The first-order valence-corrected chi connectivity index (χ1v) is 7.38. The van der Waals surface area contributed by atoms with E-state index in [0.29, 0.717) is 26.2 Å². The van der Waals surface area contributed by atoms with Gasteiger partial charge in [-0.2, -0.15) is 0 Å². The summed E-state index contributed by atoms with van der Waals surface area (Å²) in [6, 6.07) is 0. The first kappa shape index (κ1) is 14.3. The average molecular weight is 267 g/mol. The van der Waals surface area contributed by atoms with Gasteiger partial charge in [0, 0.05) is 38.6 Å². The maximum Gasteiger partial charge on any atom is 0.227 e. The maximum atomic E-state index is 12.3. The molecule has 108 valence electrons. The highest BCUT2D eigenvalue weighted by molar-refractivity contribution is 5.81. The molecule has 1 atom stereocenters. The van der Waals surface area contributed by atoms with Crippen LogP contribution in [0.4, 0.5) is 0 Å². The first-order chi connectivity index (χ1) is 9.09. The topological polar surface area (TPSA) is 52.7 Å². The number of piperazine rings is 1. The molecule has 1 N–H and O–H groups in total. The van der Waals surface area contributed by atoms with Crippen LogP contribution in [0.3, 0.4) is 0 Å². The third-order valence-corrected chi connectivity index (χ3v) is 4.04. The van der Waals surface area contributed by atoms with E-state index in [4.69, 9.17) is 0 Å². The molecule has 0 spiro atoms. The fourth-order valence-electron chi connectivity index (χ4n) is 2.83. The standard InChI is InChI=1S/C14H25N3O2/c1-11(2)13(18)16-6-8-17(9-7-16)14(19)12-4-3-5-15-10-12/h11-12,15H,3-10H2,1-2H3/t12-/m1/s1. The maximum absolute atomic E-state index is 12.3. The minimum atomic E-state index is 0.0461. The van der Waals surface area contributed by atoms with Gasteiger partial charge < -0.3 is 15.1 Å². The van der Waals surface area contributed by atoms with Gasteiger partial charge in [-0.25, -0.2) is 0 Å². The van der Waals surface area contributed by atoms with Crippen LogP contribution in [0, 0.1) is 11.8 Å². The lowest BCUT2D eigenvalue weighted by Gasteiger charge is -2.37. The number of hydrogen-bond acceptors (Lipinski definition) is 3. The molecule has 2 aliphatic heterocycles. The Morgan fingerprint density at radius 3 is 2.26 bits per heavy atom. The van der Waals surface area contributed by atoms with E-state index < -0.39 is 0 Å². The van der Waals surface area contributed by atoms with E-state index in [-0.39, 0.29) is 23.7 Å². The van der Waals surface area contributed by atoms with Gasteiger partial charge in [-0.15, -0.1) is 0 Å². The van der Waals surface area contributed by atoms with Crippen molar-refractivity contribution in [3.63, 3.8) is 0 Å². The van der Waals surface area contributed by atoms with E-state index in [1.165, 1.54) is 0 Å². The molecule has 19 heavy (non-hydrogen) atoms. The molecule has 0 aliphatic carbocycles. The monoisotopic (exact) mass is 267 g/mol. The number of carbonyl (C=O) groups excluding carboxylic acids is 2. The Bertz CT molecular complexity index is 330. The third-order valence-electron chi connectivity index (χ3n) is 4.04. The van der Waals surface area contributed by atoms with Crippen molar-refractivity contribution >= 4 is 11.8 Å². The SMILES string of the molecule is CC(C)C(=O)N1CCN(C(=O)[C@@H]2CCCNC2)CC1. The molecular formula is C14H25N3O2. The van der Waals surface area contributed by atoms with Gasteiger partial charge in [-0.05, 0) is 19.4 Å². The fraction of sp³-hybridized carbons (Fsp3) is 0.857. The minimum Gasteiger partial charge on any atom is -0.339 e. The van der Waals surface area contributed by atoms with Crippen molar-refractivity contribution in [2.45, 2.75) is 26.7 Å². The number of piperidine rings is 1. The van der Waals surface area contributed by atoms with Crippen LogP contribution in [0.25, 0.3) is 0 Å². The molecule has 0 aromatic carbocycles. The summed E-state index contributed by atoms with van der Waals surface area (Å²) in [4.78, 5) is 28.0. The van der Waals surface area contributed by atoms with E-state index in [2.05, 4.69) is 5.32 Å². The highest BCUT2D eigenvalue weighted by atomic mass is 16.2. The molecule has 0 saturated carbocycles. The van der Waals surface area contributed by atoms with Crippen molar-refractivity contribution in [1.29, 1.82) is 0 Å². The summed E-state index contributed by atoms with van der Waals surface area (Å²) in [6.07, 6.45) is 2.08. The summed E-state index contributed by atoms with van der Waals surface area (Å²) < 4.78 is 0. The van der Waals surface area contributed by atoms with Crippen LogP contribution in [0.5, 0.6) is 0 Å². The molecule has 2 heterocycles. The Morgan fingerprint density at radius 2 is 1.74 bits per heavy atom. The van der Waals surface area contributed by atoms with Gasteiger partial charge >= 0.3 is 0 Å². The van der Waals surface area contributed by atoms with Crippen LogP contribution >= 0.6 is 0 Å². The van der Waals surface area contributed by atoms with E-state index >= 15 is 0 Å². The van der Waals surface area contributed by atoms with Crippen LogP contribution in [0.15, 0.2) is 0 Å². The number of rotatable bonds is 2. The Kier molecular flexibility index (Phi) is 4.80. The lowest BCUT2D eigenvalue weighted by molar-refractivity contribution is -0.143. The fourth-order valence-corrected chi connectivity index (χ4v) is 2.83. The third kappa shape index (κ3) is 3.47. The summed E-state index contributed by atoms with van der Waals surface area (Å²) in [6.45, 7) is 8.43. The minimum absolute atomic E-state index is 0.0461. The lowest BCUT2D eigenvalue weighted by Crippen LogP contribution is -2.54. The van der Waals surface area contributed by atoms with Crippen LogP contribution in [-0.2, 0) is 9.59 Å². The number of nitrogens with zero attached hydrogens (tertiary/aromatic N) is 2. The molecule has 0 radical (unpaired) electrons. The molecule has 0 unspecified atom stereocenters. The predicted molar refractivity (Wildman–Crippen MR) is 73.6 cm³/mol. The van der Waals surface area contributed by atoms with E-state index in [9.17, 15) is 9.59 Å². The summed E-state index contributed by atoms with van der Waals surface area (Å²) in [7, 11) is 0. The van der Waals surface area contributed by atoms with Crippen LogP contribution in [-0.4, -0.2) is 60.9 Å². The van der Waals surface area contributed by atoms with Crippen LogP contribution in [0.2, 0.25) is 0 Å². The summed E-state index contributed by atoms with van der Waals surface area (Å²) in [5.74, 6) is 0.654. The number of nitrogens with one attached hydrogen (secondary N) is 1. The van der Waals surface area contributed by atoms with Gasteiger partial charge in [-0.3, -0.25) is 9.59 Å². The van der Waals surface area contributed by atoms with Gasteiger partial charge in [0.2, 0.25) is 11.8 Å². The van der Waals surface area contributed by atoms with Gasteiger partial charge in [-0.1, -0.05) is 13.8 Å². The van der Waals surface area contributed by atoms with E-state index in [1.54, 1.807) is 0 Å².